The molecule has 12 nitrogen and oxygen atoms in total. The number of thiazole rings is 1. The molecule has 1 aromatic carbocycles. The van der Waals surface area contributed by atoms with Gasteiger partial charge in [-0.3, -0.25) is 33.5 Å². The Bertz CT molecular complexity index is 1530. The van der Waals surface area contributed by atoms with Crippen molar-refractivity contribution in [1.29, 1.82) is 0 Å². The first-order valence-electron chi connectivity index (χ1n) is 10.9. The second kappa shape index (κ2) is 11.5. The molecular weight excluding hydrogens is 556 g/mol. The van der Waals surface area contributed by atoms with E-state index in [0.29, 0.717) is 5.03 Å². The summed E-state index contributed by atoms with van der Waals surface area (Å²) in [5.41, 5.74) is 0.104. The molecule has 0 bridgehead atoms. The van der Waals surface area contributed by atoms with Crippen LogP contribution in [0.5, 0.6) is 0 Å². The molecule has 1 amide bonds. The number of para-hydroxylation sites is 1. The molecule has 2 aliphatic rings. The number of carboxylic acid groups (broad SMARTS) is 2. The van der Waals surface area contributed by atoms with Crippen molar-refractivity contribution >= 4 is 75.7 Å². The predicted octanol–water partition coefficient (Wildman–Crippen LogP) is 0.0583. The topological polar surface area (TPSA) is 142 Å². The summed E-state index contributed by atoms with van der Waals surface area (Å²) >= 11 is 7.67. The number of allylic oxidation sites excluding steroid dienone is 1. The van der Waals surface area contributed by atoms with Gasteiger partial charge in [0, 0.05) is 19.1 Å². The van der Waals surface area contributed by atoms with Gasteiger partial charge < -0.3 is 24.6 Å². The van der Waals surface area contributed by atoms with Crippen molar-refractivity contribution in [2.75, 3.05) is 39.1 Å². The van der Waals surface area contributed by atoms with E-state index < -0.39 is 29.9 Å². The zero-order valence-electron chi connectivity index (χ0n) is 20.2. The summed E-state index contributed by atoms with van der Waals surface area (Å²) in [5, 5.41) is 19.5. The van der Waals surface area contributed by atoms with Gasteiger partial charge in [0.1, 0.15) is 36.9 Å². The van der Waals surface area contributed by atoms with Gasteiger partial charge in [0.25, 0.3) is 11.5 Å². The average molecular weight is 579 g/mol. The van der Waals surface area contributed by atoms with E-state index in [2.05, 4.69) is 0 Å². The van der Waals surface area contributed by atoms with E-state index in [0.717, 1.165) is 26.5 Å². The number of benzene rings is 1. The van der Waals surface area contributed by atoms with E-state index in [9.17, 15) is 29.4 Å². The number of hydrogen-bond acceptors (Lipinski definition) is 10. The Morgan fingerprint density at radius 3 is 2.29 bits per heavy atom. The molecule has 3 heterocycles. The van der Waals surface area contributed by atoms with Gasteiger partial charge in [-0.05, 0) is 36.5 Å². The third kappa shape index (κ3) is 5.23. The minimum atomic E-state index is -1.27. The van der Waals surface area contributed by atoms with Gasteiger partial charge in [-0.1, -0.05) is 23.9 Å². The number of hydrogen-bond donors (Lipinski definition) is 2. The number of rotatable bonds is 9. The molecule has 0 saturated carbocycles. The number of nitrogens with zero attached hydrogens (tertiary/aromatic N) is 4. The summed E-state index contributed by atoms with van der Waals surface area (Å²) in [6, 6.07) is 7.30. The summed E-state index contributed by atoms with van der Waals surface area (Å²) in [6.07, 6.45) is 3.09. The van der Waals surface area contributed by atoms with Crippen molar-refractivity contribution in [2.24, 2.45) is 0 Å². The number of fused-ring (bicyclic) bond motifs is 1. The molecule has 0 atom stereocenters. The lowest BCUT2D eigenvalue weighted by atomic mass is 10.3. The van der Waals surface area contributed by atoms with Crippen molar-refractivity contribution in [3.63, 3.8) is 0 Å². The fourth-order valence-electron chi connectivity index (χ4n) is 3.88. The lowest BCUT2D eigenvalue weighted by molar-refractivity contribution is -0.138. The molecule has 4 rings (SSSR count). The van der Waals surface area contributed by atoms with Crippen molar-refractivity contribution in [1.82, 2.24) is 14.4 Å². The first-order chi connectivity index (χ1) is 18.2. The van der Waals surface area contributed by atoms with Gasteiger partial charge in [0.05, 0.1) is 15.2 Å². The average Bonchev–Trinajstić information content (AvgIpc) is 3.44. The van der Waals surface area contributed by atoms with Crippen LogP contribution in [0.25, 0.3) is 11.8 Å². The highest BCUT2D eigenvalue weighted by Crippen LogP contribution is 2.45. The number of aliphatic carboxylic acids is 2. The number of carbonyl (C=O) groups is 3. The van der Waals surface area contributed by atoms with Crippen LogP contribution in [0.15, 0.2) is 45.1 Å². The molecule has 200 valence electrons. The number of carboxylic acids is 2. The molecule has 0 spiro atoms. The van der Waals surface area contributed by atoms with Gasteiger partial charge in [-0.2, -0.15) is 0 Å². The number of aromatic nitrogens is 1. The Balaban J connectivity index is 1.90. The van der Waals surface area contributed by atoms with E-state index in [4.69, 9.17) is 21.7 Å². The van der Waals surface area contributed by atoms with Crippen molar-refractivity contribution in [2.45, 2.75) is 11.4 Å². The first-order valence-corrected chi connectivity index (χ1v) is 13.0. The van der Waals surface area contributed by atoms with Crippen molar-refractivity contribution in [3.8, 4) is 0 Å². The monoisotopic (exact) mass is 578 g/mol. The van der Waals surface area contributed by atoms with Crippen LogP contribution in [0.3, 0.4) is 0 Å². The molecule has 0 unspecified atom stereocenters. The lowest BCUT2D eigenvalue weighted by Gasteiger charge is -2.18. The van der Waals surface area contributed by atoms with E-state index >= 15 is 0 Å². The van der Waals surface area contributed by atoms with Gasteiger partial charge >= 0.3 is 11.9 Å². The Kier molecular flexibility index (Phi) is 8.32. The molecule has 2 aliphatic heterocycles. The molecular formula is C23H22N4O8S3. The molecule has 2 aromatic rings. The summed E-state index contributed by atoms with van der Waals surface area (Å²) in [5.74, 6) is -2.86. The Morgan fingerprint density at radius 1 is 0.974 bits per heavy atom. The molecule has 1 fully saturated rings. The number of anilines is 1. The smallest absolute Gasteiger partial charge is 0.323 e. The predicted molar refractivity (Wildman–Crippen MR) is 144 cm³/mol. The Labute approximate surface area is 229 Å². The third-order valence-electron chi connectivity index (χ3n) is 5.41. The maximum Gasteiger partial charge on any atom is 0.323 e. The largest absolute Gasteiger partial charge is 0.480 e. The summed E-state index contributed by atoms with van der Waals surface area (Å²) in [4.78, 5) is 54.7. The maximum absolute atomic E-state index is 13.3. The van der Waals surface area contributed by atoms with Crippen LogP contribution in [-0.2, 0) is 30.4 Å². The van der Waals surface area contributed by atoms with Crippen LogP contribution in [0.1, 0.15) is 0 Å². The van der Waals surface area contributed by atoms with Gasteiger partial charge in [-0.15, -0.1) is 11.3 Å². The lowest BCUT2D eigenvalue weighted by Crippen LogP contribution is -2.37. The van der Waals surface area contributed by atoms with Gasteiger partial charge in [0.15, 0.2) is 5.11 Å². The SMILES string of the molecule is COCN1C(=O)/C(=c2/s/c(=C\C=C3\Sc4ccccc4N3CC(=O)O)c(=O)n2CC(=O)O)N(COC)C1=S. The van der Waals surface area contributed by atoms with E-state index in [1.165, 1.54) is 41.9 Å². The van der Waals surface area contributed by atoms with Crippen LogP contribution in [0.4, 0.5) is 5.69 Å². The summed E-state index contributed by atoms with van der Waals surface area (Å²) < 4.78 is 11.5. The first kappa shape index (κ1) is 27.5. The molecule has 0 radical (unpaired) electrons. The van der Waals surface area contributed by atoms with E-state index in [1.54, 1.807) is 23.1 Å². The minimum Gasteiger partial charge on any atom is -0.480 e. The Hall–Kier alpha value is -3.50. The zero-order valence-corrected chi connectivity index (χ0v) is 22.6. The highest BCUT2D eigenvalue weighted by molar-refractivity contribution is 8.03. The van der Waals surface area contributed by atoms with Crippen LogP contribution in [0.2, 0.25) is 0 Å². The molecule has 0 aliphatic carbocycles. The molecule has 1 aromatic heterocycles. The molecule has 2 N–H and O–H groups in total. The van der Waals surface area contributed by atoms with Gasteiger partial charge in [0.2, 0.25) is 0 Å². The molecule has 1 saturated heterocycles. The quantitative estimate of drug-likeness (QED) is 0.389. The van der Waals surface area contributed by atoms with Crippen LogP contribution < -0.4 is 19.7 Å². The molecule has 38 heavy (non-hydrogen) atoms. The standard InChI is InChI=1S/C23H22N4O8S3/c1-34-11-26-19(21(33)27(12-35-2)23(26)36)22-25(10-18(30)31)20(32)15(38-22)7-8-16-24(9-17(28)29)13-5-3-4-6-14(13)37-16/h3-8H,9-12H2,1-2H3,(H,28,29)(H,30,31)/b15-7-,16-8+,22-19-. The second-order valence-corrected chi connectivity index (χ2v) is 10.4. The van der Waals surface area contributed by atoms with Crippen molar-refractivity contribution in [3.05, 3.63) is 54.9 Å². The van der Waals surface area contributed by atoms with Gasteiger partial charge in [-0.25, -0.2) is 0 Å². The number of thiocarbonyl (C=S) groups is 1. The minimum absolute atomic E-state index is 0.000275. The number of amides is 1. The fourth-order valence-corrected chi connectivity index (χ4v) is 6.32. The Morgan fingerprint density at radius 2 is 1.63 bits per heavy atom. The van der Waals surface area contributed by atoms with Crippen LogP contribution in [-0.4, -0.2) is 81.8 Å². The normalized spacial score (nSPS) is 18.2. The number of thioether (sulfide) groups is 1. The van der Waals surface area contributed by atoms with E-state index in [1.807, 2.05) is 12.1 Å². The summed E-state index contributed by atoms with van der Waals surface area (Å²) in [6.45, 7) is -1.22. The zero-order chi connectivity index (χ0) is 27.6. The van der Waals surface area contributed by atoms with Crippen LogP contribution in [0, 0.1) is 0 Å². The molecule has 15 heteroatoms. The number of ether oxygens (including phenoxy) is 2. The maximum atomic E-state index is 13.3. The van der Waals surface area contributed by atoms with Crippen LogP contribution >= 0.6 is 35.3 Å². The third-order valence-corrected chi connectivity index (χ3v) is 8.12. The van der Waals surface area contributed by atoms with Crippen molar-refractivity contribution < 1.29 is 34.1 Å². The highest BCUT2D eigenvalue weighted by atomic mass is 32.2. The summed E-state index contributed by atoms with van der Waals surface area (Å²) in [7, 11) is 2.81. The highest BCUT2D eigenvalue weighted by Gasteiger charge is 2.40. The number of carbonyl (C=O) groups excluding carboxylic acids is 1. The number of methoxy groups -OCH3 is 2. The second-order valence-electron chi connectivity index (χ2n) is 7.91. The fraction of sp³-hybridized carbons (Fsp3) is 0.261. The van der Waals surface area contributed by atoms with E-state index in [-0.39, 0.29) is 40.0 Å².